The van der Waals surface area contributed by atoms with Crippen LogP contribution in [0, 0.1) is 0 Å². The average Bonchev–Trinajstić information content (AvgIpc) is 3.22. The van der Waals surface area contributed by atoms with Gasteiger partial charge in [0.15, 0.2) is 5.82 Å². The summed E-state index contributed by atoms with van der Waals surface area (Å²) in [5, 5.41) is 3.80. The summed E-state index contributed by atoms with van der Waals surface area (Å²) in [6.45, 7) is 0. The summed E-state index contributed by atoms with van der Waals surface area (Å²) in [6, 6.07) is 9.69. The van der Waals surface area contributed by atoms with Crippen LogP contribution in [0.25, 0.3) is 11.4 Å². The predicted octanol–water partition coefficient (Wildman–Crippen LogP) is 3.72. The van der Waals surface area contributed by atoms with E-state index in [2.05, 4.69) is 15.3 Å². The fourth-order valence-corrected chi connectivity index (χ4v) is 2.13. The molecular formula is C14H14ClN3. The molecule has 1 aromatic heterocycles. The molecule has 0 radical (unpaired) electrons. The third-order valence-corrected chi connectivity index (χ3v) is 3.32. The Hall–Kier alpha value is -1.61. The van der Waals surface area contributed by atoms with Crippen molar-refractivity contribution in [1.29, 1.82) is 0 Å². The standard InChI is InChI=1S/C14H14ClN3/c1-16-13-8-12(9-5-6-9)17-14(18-13)10-3-2-4-11(15)7-10/h2-4,7-9H,5-6H2,1H3,(H,16,17,18). The molecule has 1 N–H and O–H groups in total. The highest BCUT2D eigenvalue weighted by Crippen LogP contribution is 2.40. The number of benzene rings is 1. The molecule has 0 aliphatic heterocycles. The van der Waals surface area contributed by atoms with Crippen molar-refractivity contribution in [2.75, 3.05) is 12.4 Å². The van der Waals surface area contributed by atoms with E-state index in [1.165, 1.54) is 12.8 Å². The Morgan fingerprint density at radius 2 is 2.06 bits per heavy atom. The van der Waals surface area contributed by atoms with E-state index in [0.717, 1.165) is 22.9 Å². The first-order valence-corrected chi connectivity index (χ1v) is 6.47. The van der Waals surface area contributed by atoms with Gasteiger partial charge in [0.2, 0.25) is 0 Å². The molecule has 3 rings (SSSR count). The topological polar surface area (TPSA) is 37.8 Å². The number of anilines is 1. The van der Waals surface area contributed by atoms with Gasteiger partial charge < -0.3 is 5.32 Å². The van der Waals surface area contributed by atoms with E-state index in [-0.39, 0.29) is 0 Å². The summed E-state index contributed by atoms with van der Waals surface area (Å²) >= 11 is 6.01. The molecule has 0 saturated heterocycles. The van der Waals surface area contributed by atoms with Crippen molar-refractivity contribution in [3.8, 4) is 11.4 Å². The second-order valence-electron chi connectivity index (χ2n) is 4.54. The monoisotopic (exact) mass is 259 g/mol. The number of rotatable bonds is 3. The van der Waals surface area contributed by atoms with Gasteiger partial charge in [0.25, 0.3) is 0 Å². The highest BCUT2D eigenvalue weighted by atomic mass is 35.5. The summed E-state index contributed by atoms with van der Waals surface area (Å²) in [7, 11) is 1.88. The molecule has 1 fully saturated rings. The summed E-state index contributed by atoms with van der Waals surface area (Å²) in [4.78, 5) is 9.14. The molecule has 1 saturated carbocycles. The molecule has 1 aliphatic rings. The van der Waals surface area contributed by atoms with E-state index in [1.807, 2.05) is 37.4 Å². The quantitative estimate of drug-likeness (QED) is 0.913. The Labute approximate surface area is 111 Å². The van der Waals surface area contributed by atoms with Crippen molar-refractivity contribution in [3.05, 3.63) is 41.0 Å². The van der Waals surface area contributed by atoms with Crippen LogP contribution in [-0.4, -0.2) is 17.0 Å². The minimum atomic E-state index is 0.609. The van der Waals surface area contributed by atoms with E-state index in [1.54, 1.807) is 0 Å². The zero-order chi connectivity index (χ0) is 12.5. The fraction of sp³-hybridized carbons (Fsp3) is 0.286. The molecule has 3 nitrogen and oxygen atoms in total. The molecule has 4 heteroatoms. The van der Waals surface area contributed by atoms with Crippen LogP contribution in [0.5, 0.6) is 0 Å². The predicted molar refractivity (Wildman–Crippen MR) is 74.0 cm³/mol. The molecule has 1 heterocycles. The van der Waals surface area contributed by atoms with Crippen LogP contribution >= 0.6 is 11.6 Å². The largest absolute Gasteiger partial charge is 0.373 e. The molecule has 0 atom stereocenters. The van der Waals surface area contributed by atoms with Gasteiger partial charge in [0, 0.05) is 35.3 Å². The molecule has 1 aliphatic carbocycles. The van der Waals surface area contributed by atoms with Crippen LogP contribution in [0.15, 0.2) is 30.3 Å². The first kappa shape index (κ1) is 11.5. The summed E-state index contributed by atoms with van der Waals surface area (Å²) in [5.74, 6) is 2.21. The van der Waals surface area contributed by atoms with Crippen molar-refractivity contribution in [3.63, 3.8) is 0 Å². The van der Waals surface area contributed by atoms with Gasteiger partial charge in [-0.1, -0.05) is 23.7 Å². The Morgan fingerprint density at radius 1 is 1.22 bits per heavy atom. The average molecular weight is 260 g/mol. The minimum absolute atomic E-state index is 0.609. The van der Waals surface area contributed by atoms with Gasteiger partial charge in [0.05, 0.1) is 0 Å². The number of halogens is 1. The van der Waals surface area contributed by atoms with Crippen LogP contribution in [0.3, 0.4) is 0 Å². The van der Waals surface area contributed by atoms with Gasteiger partial charge in [-0.15, -0.1) is 0 Å². The van der Waals surface area contributed by atoms with E-state index in [4.69, 9.17) is 11.6 Å². The first-order chi connectivity index (χ1) is 8.76. The molecular weight excluding hydrogens is 246 g/mol. The molecule has 18 heavy (non-hydrogen) atoms. The Kier molecular flexibility index (Phi) is 2.92. The lowest BCUT2D eigenvalue weighted by Crippen LogP contribution is -2.00. The van der Waals surface area contributed by atoms with E-state index in [0.29, 0.717) is 10.9 Å². The van der Waals surface area contributed by atoms with Gasteiger partial charge in [-0.2, -0.15) is 0 Å². The summed E-state index contributed by atoms with van der Waals surface area (Å²) in [6.07, 6.45) is 2.46. The van der Waals surface area contributed by atoms with Crippen molar-refractivity contribution < 1.29 is 0 Å². The first-order valence-electron chi connectivity index (χ1n) is 6.09. The third-order valence-electron chi connectivity index (χ3n) is 3.08. The maximum absolute atomic E-state index is 6.01. The highest BCUT2D eigenvalue weighted by molar-refractivity contribution is 6.30. The van der Waals surface area contributed by atoms with Gasteiger partial charge >= 0.3 is 0 Å². The van der Waals surface area contributed by atoms with E-state index in [9.17, 15) is 0 Å². The Morgan fingerprint density at radius 3 is 2.72 bits per heavy atom. The van der Waals surface area contributed by atoms with Crippen LogP contribution < -0.4 is 5.32 Å². The number of hydrogen-bond acceptors (Lipinski definition) is 3. The number of aromatic nitrogens is 2. The van der Waals surface area contributed by atoms with Gasteiger partial charge in [-0.05, 0) is 25.0 Å². The lowest BCUT2D eigenvalue weighted by molar-refractivity contribution is 0.995. The lowest BCUT2D eigenvalue weighted by Gasteiger charge is -2.07. The van der Waals surface area contributed by atoms with Gasteiger partial charge in [0.1, 0.15) is 5.82 Å². The second kappa shape index (κ2) is 4.58. The normalized spacial score (nSPS) is 14.6. The number of hydrogen-bond donors (Lipinski definition) is 1. The van der Waals surface area contributed by atoms with Crippen LogP contribution in [-0.2, 0) is 0 Å². The second-order valence-corrected chi connectivity index (χ2v) is 4.97. The molecule has 0 bridgehead atoms. The molecule has 0 unspecified atom stereocenters. The summed E-state index contributed by atoms with van der Waals surface area (Å²) in [5.41, 5.74) is 2.09. The highest BCUT2D eigenvalue weighted by Gasteiger charge is 2.26. The van der Waals surface area contributed by atoms with Crippen LogP contribution in [0.2, 0.25) is 5.02 Å². The van der Waals surface area contributed by atoms with Crippen LogP contribution in [0.1, 0.15) is 24.5 Å². The Balaban J connectivity index is 2.07. The fourth-order valence-electron chi connectivity index (χ4n) is 1.94. The lowest BCUT2D eigenvalue weighted by atomic mass is 10.2. The molecule has 2 aromatic rings. The molecule has 92 valence electrons. The van der Waals surface area contributed by atoms with Crippen molar-refractivity contribution in [1.82, 2.24) is 9.97 Å². The van der Waals surface area contributed by atoms with E-state index < -0.39 is 0 Å². The molecule has 1 aromatic carbocycles. The zero-order valence-corrected chi connectivity index (χ0v) is 10.9. The van der Waals surface area contributed by atoms with E-state index >= 15 is 0 Å². The smallest absolute Gasteiger partial charge is 0.161 e. The Bertz CT molecular complexity index is 579. The van der Waals surface area contributed by atoms with Gasteiger partial charge in [-0.25, -0.2) is 9.97 Å². The van der Waals surface area contributed by atoms with Gasteiger partial charge in [-0.3, -0.25) is 0 Å². The molecule has 0 spiro atoms. The van der Waals surface area contributed by atoms with Crippen molar-refractivity contribution >= 4 is 17.4 Å². The maximum atomic E-state index is 6.01. The number of nitrogens with zero attached hydrogens (tertiary/aromatic N) is 2. The SMILES string of the molecule is CNc1cc(C2CC2)nc(-c2cccc(Cl)c2)n1. The van der Waals surface area contributed by atoms with Crippen molar-refractivity contribution in [2.24, 2.45) is 0 Å². The number of nitrogens with one attached hydrogen (secondary N) is 1. The zero-order valence-electron chi connectivity index (χ0n) is 10.2. The molecule has 0 amide bonds. The minimum Gasteiger partial charge on any atom is -0.373 e. The van der Waals surface area contributed by atoms with Crippen LogP contribution in [0.4, 0.5) is 5.82 Å². The maximum Gasteiger partial charge on any atom is 0.161 e. The summed E-state index contributed by atoms with van der Waals surface area (Å²) < 4.78 is 0. The van der Waals surface area contributed by atoms with Crippen molar-refractivity contribution in [2.45, 2.75) is 18.8 Å². The third kappa shape index (κ3) is 2.31.